The van der Waals surface area contributed by atoms with Crippen molar-refractivity contribution in [1.82, 2.24) is 9.97 Å². The van der Waals surface area contributed by atoms with E-state index in [0.29, 0.717) is 26.4 Å². The van der Waals surface area contributed by atoms with Crippen LogP contribution in [-0.2, 0) is 22.7 Å². The number of rotatable bonds is 11. The number of hydrogen-bond donors (Lipinski definition) is 2. The van der Waals surface area contributed by atoms with Crippen LogP contribution in [-0.4, -0.2) is 40.5 Å². The first-order chi connectivity index (χ1) is 14.7. The van der Waals surface area contributed by atoms with Gasteiger partial charge >= 0.3 is 6.09 Å². The molecular formula is C22H23N3O5. The summed E-state index contributed by atoms with van der Waals surface area (Å²) in [5.41, 5.74) is 2.12. The quantitative estimate of drug-likeness (QED) is 0.497. The third kappa shape index (κ3) is 7.50. The van der Waals surface area contributed by atoms with E-state index in [2.05, 4.69) is 15.3 Å². The van der Waals surface area contributed by atoms with Crippen molar-refractivity contribution in [2.45, 2.75) is 19.3 Å². The predicted molar refractivity (Wildman–Crippen MR) is 110 cm³/mol. The number of aromatic nitrogens is 2. The van der Waals surface area contributed by atoms with Gasteiger partial charge < -0.3 is 19.3 Å². The van der Waals surface area contributed by atoms with Crippen molar-refractivity contribution in [1.29, 1.82) is 0 Å². The van der Waals surface area contributed by atoms with Crippen LogP contribution in [0.3, 0.4) is 0 Å². The van der Waals surface area contributed by atoms with Gasteiger partial charge in [-0.15, -0.1) is 0 Å². The minimum absolute atomic E-state index is 0.118. The van der Waals surface area contributed by atoms with Crippen molar-refractivity contribution in [2.24, 2.45) is 0 Å². The van der Waals surface area contributed by atoms with E-state index in [-0.39, 0.29) is 11.7 Å². The molecule has 2 N–H and O–H groups in total. The van der Waals surface area contributed by atoms with Gasteiger partial charge in [-0.2, -0.15) is 0 Å². The standard InChI is InChI=1S/C22H23N3O5/c26-22(27)25-20-11-24-21(12-23-20)30-19(15-28-13-17-7-3-1-4-8-17)16-29-14-18-9-5-2-6-10-18/h1-12,19H,13-16H2,(H,23,25)(H,26,27). The highest BCUT2D eigenvalue weighted by atomic mass is 16.6. The molecule has 0 unspecified atom stereocenters. The van der Waals surface area contributed by atoms with Crippen LogP contribution in [0.2, 0.25) is 0 Å². The molecule has 0 atom stereocenters. The lowest BCUT2D eigenvalue weighted by molar-refractivity contribution is -0.0175. The molecule has 0 spiro atoms. The van der Waals surface area contributed by atoms with E-state index in [4.69, 9.17) is 19.3 Å². The SMILES string of the molecule is O=C(O)Nc1cnc(OC(COCc2ccccc2)COCc2ccccc2)cn1. The van der Waals surface area contributed by atoms with Crippen LogP contribution in [0.25, 0.3) is 0 Å². The zero-order valence-corrected chi connectivity index (χ0v) is 16.3. The monoisotopic (exact) mass is 409 g/mol. The maximum absolute atomic E-state index is 10.7. The van der Waals surface area contributed by atoms with Gasteiger partial charge in [0.1, 0.15) is 6.10 Å². The zero-order chi connectivity index (χ0) is 21.0. The lowest BCUT2D eigenvalue weighted by Gasteiger charge is -2.19. The minimum atomic E-state index is -1.21. The Morgan fingerprint density at radius 2 is 1.43 bits per heavy atom. The number of carbonyl (C=O) groups is 1. The third-order valence-electron chi connectivity index (χ3n) is 3.98. The van der Waals surface area contributed by atoms with Gasteiger partial charge in [-0.1, -0.05) is 60.7 Å². The van der Waals surface area contributed by atoms with Crippen LogP contribution in [0.4, 0.5) is 10.6 Å². The topological polar surface area (TPSA) is 103 Å². The lowest BCUT2D eigenvalue weighted by atomic mass is 10.2. The second-order valence-electron chi connectivity index (χ2n) is 6.41. The van der Waals surface area contributed by atoms with Crippen LogP contribution < -0.4 is 10.1 Å². The number of carboxylic acid groups (broad SMARTS) is 1. The van der Waals surface area contributed by atoms with E-state index in [0.717, 1.165) is 11.1 Å². The minimum Gasteiger partial charge on any atom is -0.468 e. The molecule has 0 saturated carbocycles. The van der Waals surface area contributed by atoms with Gasteiger partial charge in [0.2, 0.25) is 5.88 Å². The Balaban J connectivity index is 1.55. The van der Waals surface area contributed by atoms with Crippen LogP contribution >= 0.6 is 0 Å². The van der Waals surface area contributed by atoms with Crippen molar-refractivity contribution in [3.05, 3.63) is 84.2 Å². The van der Waals surface area contributed by atoms with Crippen LogP contribution in [0.1, 0.15) is 11.1 Å². The molecule has 0 aliphatic carbocycles. The van der Waals surface area contributed by atoms with Gasteiger partial charge in [0.25, 0.3) is 0 Å². The summed E-state index contributed by atoms with van der Waals surface area (Å²) < 4.78 is 17.4. The maximum Gasteiger partial charge on any atom is 0.410 e. The normalized spacial score (nSPS) is 10.7. The molecule has 0 aliphatic rings. The average molecular weight is 409 g/mol. The second-order valence-corrected chi connectivity index (χ2v) is 6.41. The maximum atomic E-state index is 10.7. The van der Waals surface area contributed by atoms with Crippen LogP contribution in [0.15, 0.2) is 73.1 Å². The molecular weight excluding hydrogens is 386 g/mol. The fraction of sp³-hybridized carbons (Fsp3) is 0.227. The Labute approximate surface area is 174 Å². The van der Waals surface area contributed by atoms with Gasteiger partial charge in [0, 0.05) is 0 Å². The molecule has 0 bridgehead atoms. The molecule has 8 heteroatoms. The molecule has 1 heterocycles. The Kier molecular flexibility index (Phi) is 8.13. The highest BCUT2D eigenvalue weighted by molar-refractivity contribution is 5.81. The number of hydrogen-bond acceptors (Lipinski definition) is 6. The van der Waals surface area contributed by atoms with E-state index in [1.54, 1.807) is 0 Å². The van der Waals surface area contributed by atoms with Gasteiger partial charge in [-0.3, -0.25) is 5.32 Å². The number of anilines is 1. The summed E-state index contributed by atoms with van der Waals surface area (Å²) in [6.07, 6.45) is 1.02. The third-order valence-corrected chi connectivity index (χ3v) is 3.98. The molecule has 8 nitrogen and oxygen atoms in total. The van der Waals surface area contributed by atoms with Gasteiger partial charge in [-0.05, 0) is 11.1 Å². The van der Waals surface area contributed by atoms with E-state index >= 15 is 0 Å². The second kappa shape index (κ2) is 11.5. The highest BCUT2D eigenvalue weighted by Gasteiger charge is 2.14. The first-order valence-corrected chi connectivity index (χ1v) is 9.41. The largest absolute Gasteiger partial charge is 0.468 e. The number of nitrogens with zero attached hydrogens (tertiary/aromatic N) is 2. The van der Waals surface area contributed by atoms with Crippen molar-refractivity contribution in [2.75, 3.05) is 18.5 Å². The smallest absolute Gasteiger partial charge is 0.410 e. The fourth-order valence-electron chi connectivity index (χ4n) is 2.60. The summed E-state index contributed by atoms with van der Waals surface area (Å²) in [7, 11) is 0. The van der Waals surface area contributed by atoms with E-state index in [1.165, 1.54) is 12.4 Å². The molecule has 30 heavy (non-hydrogen) atoms. The molecule has 0 saturated heterocycles. The molecule has 2 aromatic carbocycles. The summed E-state index contributed by atoms with van der Waals surface area (Å²) in [5, 5.41) is 10.8. The number of nitrogens with one attached hydrogen (secondary N) is 1. The Morgan fingerprint density at radius 3 is 1.90 bits per heavy atom. The van der Waals surface area contributed by atoms with Crippen LogP contribution in [0, 0.1) is 0 Å². The van der Waals surface area contributed by atoms with E-state index < -0.39 is 12.2 Å². The average Bonchev–Trinajstić information content (AvgIpc) is 2.76. The molecule has 3 aromatic rings. The molecule has 1 aromatic heterocycles. The predicted octanol–water partition coefficient (Wildman–Crippen LogP) is 3.75. The van der Waals surface area contributed by atoms with Crippen LogP contribution in [0.5, 0.6) is 5.88 Å². The summed E-state index contributed by atoms with van der Waals surface area (Å²) in [6.45, 7) is 1.49. The van der Waals surface area contributed by atoms with Gasteiger partial charge in [-0.25, -0.2) is 14.8 Å². The fourth-order valence-corrected chi connectivity index (χ4v) is 2.60. The molecule has 0 aliphatic heterocycles. The molecule has 3 rings (SSSR count). The van der Waals surface area contributed by atoms with Crippen molar-refractivity contribution < 1.29 is 24.1 Å². The molecule has 156 valence electrons. The highest BCUT2D eigenvalue weighted by Crippen LogP contribution is 2.12. The summed E-state index contributed by atoms with van der Waals surface area (Å²) in [6, 6.07) is 19.7. The number of benzene rings is 2. The zero-order valence-electron chi connectivity index (χ0n) is 16.3. The van der Waals surface area contributed by atoms with Crippen molar-refractivity contribution in [3.8, 4) is 5.88 Å². The van der Waals surface area contributed by atoms with Gasteiger partial charge in [0.05, 0.1) is 38.8 Å². The lowest BCUT2D eigenvalue weighted by Crippen LogP contribution is -2.29. The first kappa shape index (κ1) is 21.2. The summed E-state index contributed by atoms with van der Waals surface area (Å²) in [4.78, 5) is 18.7. The molecule has 0 radical (unpaired) electrons. The van der Waals surface area contributed by atoms with E-state index in [1.807, 2.05) is 60.7 Å². The first-order valence-electron chi connectivity index (χ1n) is 9.41. The number of ether oxygens (including phenoxy) is 3. The summed E-state index contributed by atoms with van der Waals surface area (Å²) >= 11 is 0. The van der Waals surface area contributed by atoms with Crippen molar-refractivity contribution in [3.63, 3.8) is 0 Å². The van der Waals surface area contributed by atoms with E-state index in [9.17, 15) is 4.79 Å². The Morgan fingerprint density at radius 1 is 0.867 bits per heavy atom. The Hall–Kier alpha value is -3.49. The molecule has 1 amide bonds. The Bertz CT molecular complexity index is 846. The molecule has 0 fully saturated rings. The summed E-state index contributed by atoms with van der Waals surface area (Å²) in [5.74, 6) is 0.370. The van der Waals surface area contributed by atoms with Crippen molar-refractivity contribution >= 4 is 11.9 Å². The van der Waals surface area contributed by atoms with Gasteiger partial charge in [0.15, 0.2) is 5.82 Å². The number of amides is 1.